The fraction of sp³-hybridized carbons (Fsp3) is 0.538. The molecule has 0 saturated carbocycles. The van der Waals surface area contributed by atoms with Crippen LogP contribution < -0.4 is 0 Å². The zero-order valence-electron chi connectivity index (χ0n) is 10.1. The minimum atomic E-state index is -0.569. The molecule has 1 N–H and O–H groups in total. The molecule has 1 aromatic heterocycles. The lowest BCUT2D eigenvalue weighted by Gasteiger charge is -2.19. The van der Waals surface area contributed by atoms with Gasteiger partial charge >= 0.3 is 0 Å². The topological polar surface area (TPSA) is 37.5 Å². The number of aromatic nitrogens is 1. The maximum Gasteiger partial charge on any atom is 0.269 e. The van der Waals surface area contributed by atoms with E-state index in [1.54, 1.807) is 18.2 Å². The van der Waals surface area contributed by atoms with Gasteiger partial charge in [-0.05, 0) is 30.4 Å². The molecule has 0 unspecified atom stereocenters. The number of hydrogen-bond donors (Lipinski definition) is 1. The summed E-state index contributed by atoms with van der Waals surface area (Å²) < 4.78 is 0. The first-order valence-corrected chi connectivity index (χ1v) is 5.45. The van der Waals surface area contributed by atoms with Gasteiger partial charge in [-0.2, -0.15) is 0 Å². The lowest BCUT2D eigenvalue weighted by Crippen LogP contribution is -2.09. The summed E-state index contributed by atoms with van der Waals surface area (Å²) in [6.07, 6.45) is 1.04. The van der Waals surface area contributed by atoms with E-state index in [2.05, 4.69) is 30.6 Å². The van der Waals surface area contributed by atoms with Crippen molar-refractivity contribution < 1.29 is 5.11 Å². The Bertz CT molecular complexity index is 388. The van der Waals surface area contributed by atoms with Crippen molar-refractivity contribution >= 4 is 5.82 Å². The van der Waals surface area contributed by atoms with E-state index in [0.29, 0.717) is 17.9 Å². The highest BCUT2D eigenvalue weighted by atomic mass is 16.3. The molecule has 86 valence electrons. The van der Waals surface area contributed by atoms with Crippen molar-refractivity contribution in [1.82, 2.24) is 4.98 Å². The maximum absolute atomic E-state index is 9.94. The van der Waals surface area contributed by atoms with E-state index in [0.717, 1.165) is 6.42 Å². The number of nitrogens with zero attached hydrogens (tertiary/aromatic N) is 2. The maximum atomic E-state index is 9.94. The van der Waals surface area contributed by atoms with Gasteiger partial charge in [0.05, 0.1) is 0 Å². The highest BCUT2D eigenvalue weighted by molar-refractivity contribution is 5.36. The summed E-state index contributed by atoms with van der Waals surface area (Å²) in [6, 6.07) is 5.17. The van der Waals surface area contributed by atoms with Crippen molar-refractivity contribution in [1.29, 1.82) is 0 Å². The van der Waals surface area contributed by atoms with Gasteiger partial charge in [0, 0.05) is 0 Å². The molecular formula is C13H18N2O. The predicted molar refractivity (Wildman–Crippen MR) is 64.1 cm³/mol. The van der Waals surface area contributed by atoms with Crippen LogP contribution in [-0.4, -0.2) is 10.1 Å². The second-order valence-electron chi connectivity index (χ2n) is 5.15. The molecule has 3 heteroatoms. The van der Waals surface area contributed by atoms with Crippen LogP contribution >= 0.6 is 0 Å². The highest BCUT2D eigenvalue weighted by Crippen LogP contribution is 2.27. The minimum absolute atomic E-state index is 0.207. The van der Waals surface area contributed by atoms with Crippen LogP contribution in [0.5, 0.6) is 0 Å². The van der Waals surface area contributed by atoms with Gasteiger partial charge < -0.3 is 9.95 Å². The summed E-state index contributed by atoms with van der Waals surface area (Å²) in [5, 5.41) is 9.94. The number of aliphatic hydroxyl groups is 1. The number of hydrogen-bond acceptors (Lipinski definition) is 2. The predicted octanol–water partition coefficient (Wildman–Crippen LogP) is 3.49. The molecule has 1 aromatic rings. The molecule has 1 atom stereocenters. The van der Waals surface area contributed by atoms with Crippen LogP contribution in [0.1, 0.15) is 45.4 Å². The van der Waals surface area contributed by atoms with Crippen LogP contribution in [0.4, 0.5) is 5.82 Å². The summed E-state index contributed by atoms with van der Waals surface area (Å²) in [4.78, 5) is 7.34. The molecule has 0 spiro atoms. The van der Waals surface area contributed by atoms with Gasteiger partial charge in [0.2, 0.25) is 0 Å². The third-order valence-corrected chi connectivity index (χ3v) is 2.38. The van der Waals surface area contributed by atoms with E-state index in [9.17, 15) is 5.11 Å². The Labute approximate surface area is 97.0 Å². The summed E-state index contributed by atoms with van der Waals surface area (Å²) in [5.74, 6) is 0.340. The molecule has 0 amide bonds. The molecule has 0 saturated heterocycles. The first-order valence-electron chi connectivity index (χ1n) is 5.45. The number of rotatable bonds is 3. The van der Waals surface area contributed by atoms with Crippen LogP contribution in [0.2, 0.25) is 0 Å². The third kappa shape index (κ3) is 4.00. The Morgan fingerprint density at radius 3 is 2.69 bits per heavy atom. The molecule has 3 nitrogen and oxygen atoms in total. The zero-order valence-corrected chi connectivity index (χ0v) is 10.1. The summed E-state index contributed by atoms with van der Waals surface area (Å²) in [5.41, 5.74) is 0.802. The fourth-order valence-electron chi connectivity index (χ4n) is 1.41. The Morgan fingerprint density at radius 1 is 1.44 bits per heavy atom. The Hall–Kier alpha value is -1.40. The molecular weight excluding hydrogens is 200 g/mol. The number of pyridine rings is 1. The van der Waals surface area contributed by atoms with E-state index in [4.69, 9.17) is 6.57 Å². The number of aliphatic hydroxyl groups excluding tert-OH is 1. The standard InChI is InChI=1S/C13H18N2O/c1-13(2,3)9-8-11(16)10-6-5-7-12(14-4)15-10/h5-7,11,16H,8-9H2,1-3H3/t11-/m1/s1. The molecule has 16 heavy (non-hydrogen) atoms. The minimum Gasteiger partial charge on any atom is -0.385 e. The van der Waals surface area contributed by atoms with E-state index < -0.39 is 6.10 Å². The summed E-state index contributed by atoms with van der Waals surface area (Å²) in [6.45, 7) is 13.3. The monoisotopic (exact) mass is 218 g/mol. The normalized spacial score (nSPS) is 13.2. The molecule has 0 aliphatic rings. The van der Waals surface area contributed by atoms with Crippen molar-refractivity contribution in [3.8, 4) is 0 Å². The average Bonchev–Trinajstić information content (AvgIpc) is 2.25. The molecule has 0 aliphatic heterocycles. The van der Waals surface area contributed by atoms with Crippen molar-refractivity contribution in [2.24, 2.45) is 5.41 Å². The first kappa shape index (κ1) is 12.7. The first-order chi connectivity index (χ1) is 7.42. The molecule has 1 heterocycles. The largest absolute Gasteiger partial charge is 0.385 e. The van der Waals surface area contributed by atoms with Crippen LogP contribution in [0.15, 0.2) is 18.2 Å². The van der Waals surface area contributed by atoms with Gasteiger partial charge in [-0.3, -0.25) is 0 Å². The second kappa shape index (κ2) is 5.09. The van der Waals surface area contributed by atoms with E-state index >= 15 is 0 Å². The lowest BCUT2D eigenvalue weighted by molar-refractivity contribution is 0.143. The van der Waals surface area contributed by atoms with Crippen LogP contribution in [0.25, 0.3) is 4.85 Å². The van der Waals surface area contributed by atoms with Gasteiger partial charge in [-0.1, -0.05) is 33.4 Å². The Morgan fingerprint density at radius 2 is 2.12 bits per heavy atom. The Balaban J connectivity index is 2.66. The molecule has 1 rings (SSSR count). The highest BCUT2D eigenvalue weighted by Gasteiger charge is 2.17. The quantitative estimate of drug-likeness (QED) is 0.788. The van der Waals surface area contributed by atoms with Crippen molar-refractivity contribution in [2.45, 2.75) is 39.7 Å². The van der Waals surface area contributed by atoms with Crippen molar-refractivity contribution in [3.05, 3.63) is 35.3 Å². The summed E-state index contributed by atoms with van der Waals surface area (Å²) >= 11 is 0. The summed E-state index contributed by atoms with van der Waals surface area (Å²) in [7, 11) is 0. The molecule has 0 aromatic carbocycles. The third-order valence-electron chi connectivity index (χ3n) is 2.38. The van der Waals surface area contributed by atoms with E-state index in [1.165, 1.54) is 0 Å². The molecule has 0 bridgehead atoms. The second-order valence-corrected chi connectivity index (χ2v) is 5.15. The van der Waals surface area contributed by atoms with Gasteiger partial charge in [0.15, 0.2) is 5.69 Å². The van der Waals surface area contributed by atoms with Gasteiger partial charge in [-0.25, -0.2) is 0 Å². The SMILES string of the molecule is [C-]#[N+]c1cccc([C@H](O)CCC(C)(C)C)n1. The van der Waals surface area contributed by atoms with Gasteiger partial charge in [0.25, 0.3) is 5.82 Å². The van der Waals surface area contributed by atoms with Crippen LogP contribution in [0.3, 0.4) is 0 Å². The van der Waals surface area contributed by atoms with Gasteiger partial charge in [0.1, 0.15) is 6.10 Å². The molecule has 0 fully saturated rings. The average molecular weight is 218 g/mol. The lowest BCUT2D eigenvalue weighted by atomic mass is 9.89. The zero-order chi connectivity index (χ0) is 12.2. The van der Waals surface area contributed by atoms with Crippen LogP contribution in [-0.2, 0) is 0 Å². The van der Waals surface area contributed by atoms with E-state index in [-0.39, 0.29) is 5.41 Å². The van der Waals surface area contributed by atoms with Crippen molar-refractivity contribution in [3.63, 3.8) is 0 Å². The van der Waals surface area contributed by atoms with Crippen LogP contribution in [0, 0.1) is 12.0 Å². The smallest absolute Gasteiger partial charge is 0.269 e. The van der Waals surface area contributed by atoms with E-state index in [1.807, 2.05) is 0 Å². The van der Waals surface area contributed by atoms with Crippen molar-refractivity contribution in [2.75, 3.05) is 0 Å². The Kier molecular flexibility index (Phi) is 4.03. The molecule has 0 radical (unpaired) electrons. The molecule has 0 aliphatic carbocycles. The fourth-order valence-corrected chi connectivity index (χ4v) is 1.41. The van der Waals surface area contributed by atoms with Gasteiger partial charge in [-0.15, -0.1) is 4.98 Å².